The first kappa shape index (κ1) is 12.3. The van der Waals surface area contributed by atoms with Crippen molar-refractivity contribution >= 4 is 21.6 Å². The fourth-order valence-corrected chi connectivity index (χ4v) is 1.89. The SMILES string of the molecule is NCCCNS(=O)(=O)c1cnc(Cl)nc1. The van der Waals surface area contributed by atoms with Crippen molar-refractivity contribution in [3.05, 3.63) is 17.7 Å². The topological polar surface area (TPSA) is 98.0 Å². The second-order valence-electron chi connectivity index (χ2n) is 2.73. The lowest BCUT2D eigenvalue weighted by atomic mass is 10.4. The Morgan fingerprint density at radius 2 is 2.00 bits per heavy atom. The average Bonchev–Trinajstić information content (AvgIpc) is 2.18. The number of hydrogen-bond acceptors (Lipinski definition) is 5. The quantitative estimate of drug-likeness (QED) is 0.555. The lowest BCUT2D eigenvalue weighted by Gasteiger charge is -2.04. The van der Waals surface area contributed by atoms with Crippen molar-refractivity contribution in [2.75, 3.05) is 13.1 Å². The summed E-state index contributed by atoms with van der Waals surface area (Å²) >= 11 is 5.43. The van der Waals surface area contributed by atoms with Gasteiger partial charge < -0.3 is 5.73 Å². The van der Waals surface area contributed by atoms with E-state index in [2.05, 4.69) is 14.7 Å². The molecule has 1 aromatic rings. The Bertz CT molecular complexity index is 406. The molecule has 0 aliphatic heterocycles. The van der Waals surface area contributed by atoms with E-state index >= 15 is 0 Å². The van der Waals surface area contributed by atoms with E-state index < -0.39 is 10.0 Å². The number of aromatic nitrogens is 2. The third kappa shape index (κ3) is 3.71. The van der Waals surface area contributed by atoms with Gasteiger partial charge in [-0.15, -0.1) is 0 Å². The van der Waals surface area contributed by atoms with Crippen LogP contribution in [0.1, 0.15) is 6.42 Å². The maximum Gasteiger partial charge on any atom is 0.243 e. The first-order chi connectivity index (χ1) is 7.06. The molecule has 3 N–H and O–H groups in total. The van der Waals surface area contributed by atoms with Crippen LogP contribution >= 0.6 is 11.6 Å². The first-order valence-corrected chi connectivity index (χ1v) is 6.09. The first-order valence-electron chi connectivity index (χ1n) is 4.23. The molecule has 0 amide bonds. The van der Waals surface area contributed by atoms with Crippen molar-refractivity contribution in [3.63, 3.8) is 0 Å². The zero-order valence-electron chi connectivity index (χ0n) is 7.85. The van der Waals surface area contributed by atoms with Crippen LogP contribution in [-0.2, 0) is 10.0 Å². The van der Waals surface area contributed by atoms with E-state index in [-0.39, 0.29) is 10.2 Å². The average molecular weight is 251 g/mol. The lowest BCUT2D eigenvalue weighted by Crippen LogP contribution is -2.26. The molecular formula is C7H11ClN4O2S. The third-order valence-electron chi connectivity index (χ3n) is 1.58. The summed E-state index contributed by atoms with van der Waals surface area (Å²) in [6.07, 6.45) is 2.88. The number of nitrogens with zero attached hydrogens (tertiary/aromatic N) is 2. The molecule has 0 radical (unpaired) electrons. The van der Waals surface area contributed by atoms with Crippen molar-refractivity contribution < 1.29 is 8.42 Å². The molecule has 0 bridgehead atoms. The lowest BCUT2D eigenvalue weighted by molar-refractivity contribution is 0.578. The van der Waals surface area contributed by atoms with Crippen LogP contribution < -0.4 is 10.5 Å². The molecule has 0 atom stereocenters. The smallest absolute Gasteiger partial charge is 0.243 e. The molecule has 84 valence electrons. The number of sulfonamides is 1. The van der Waals surface area contributed by atoms with Gasteiger partial charge in [0.2, 0.25) is 15.3 Å². The van der Waals surface area contributed by atoms with Gasteiger partial charge >= 0.3 is 0 Å². The van der Waals surface area contributed by atoms with E-state index in [4.69, 9.17) is 17.3 Å². The maximum atomic E-state index is 11.5. The minimum absolute atomic E-state index is 0.0101. The van der Waals surface area contributed by atoms with E-state index in [0.29, 0.717) is 19.5 Å². The van der Waals surface area contributed by atoms with Crippen molar-refractivity contribution in [2.24, 2.45) is 5.73 Å². The second-order valence-corrected chi connectivity index (χ2v) is 4.83. The van der Waals surface area contributed by atoms with E-state index in [1.807, 2.05) is 0 Å². The minimum atomic E-state index is -3.54. The van der Waals surface area contributed by atoms with Gasteiger partial charge in [-0.3, -0.25) is 0 Å². The van der Waals surface area contributed by atoms with Crippen LogP contribution in [0, 0.1) is 0 Å². The van der Waals surface area contributed by atoms with Gasteiger partial charge in [-0.2, -0.15) is 0 Å². The Hall–Kier alpha value is -0.760. The molecule has 0 spiro atoms. The summed E-state index contributed by atoms with van der Waals surface area (Å²) in [5, 5.41) is 0.0101. The zero-order valence-corrected chi connectivity index (χ0v) is 9.42. The number of halogens is 1. The summed E-state index contributed by atoms with van der Waals surface area (Å²) in [6.45, 7) is 0.723. The van der Waals surface area contributed by atoms with Crippen molar-refractivity contribution in [1.82, 2.24) is 14.7 Å². The highest BCUT2D eigenvalue weighted by atomic mass is 35.5. The molecule has 0 saturated carbocycles. The van der Waals surface area contributed by atoms with Crippen molar-refractivity contribution in [3.8, 4) is 0 Å². The molecule has 0 unspecified atom stereocenters. The standard InChI is InChI=1S/C7H11ClN4O2S/c8-7-10-4-6(5-11-7)15(13,14)12-3-1-2-9/h4-5,12H,1-3,9H2. The highest BCUT2D eigenvalue weighted by molar-refractivity contribution is 7.89. The molecule has 0 aromatic carbocycles. The van der Waals surface area contributed by atoms with Crippen LogP contribution in [0.15, 0.2) is 17.3 Å². The van der Waals surface area contributed by atoms with Gasteiger partial charge in [-0.25, -0.2) is 23.1 Å². The Labute approximate surface area is 92.9 Å². The van der Waals surface area contributed by atoms with Crippen molar-refractivity contribution in [2.45, 2.75) is 11.3 Å². The molecule has 1 aromatic heterocycles. The van der Waals surface area contributed by atoms with E-state index in [0.717, 1.165) is 12.4 Å². The van der Waals surface area contributed by atoms with Gasteiger partial charge in [0.25, 0.3) is 0 Å². The predicted octanol–water partition coefficient (Wildman–Crippen LogP) is -0.243. The van der Waals surface area contributed by atoms with Gasteiger partial charge in [0.05, 0.1) is 12.4 Å². The zero-order chi connectivity index (χ0) is 11.3. The summed E-state index contributed by atoms with van der Waals surface area (Å²) in [4.78, 5) is 7.16. The summed E-state index contributed by atoms with van der Waals surface area (Å²) in [6, 6.07) is 0. The van der Waals surface area contributed by atoms with Crippen LogP contribution in [0.4, 0.5) is 0 Å². The van der Waals surface area contributed by atoms with Gasteiger partial charge in [0.1, 0.15) is 4.90 Å². The number of rotatable bonds is 5. The highest BCUT2D eigenvalue weighted by Crippen LogP contribution is 2.06. The second kappa shape index (κ2) is 5.36. The van der Waals surface area contributed by atoms with E-state index in [9.17, 15) is 8.42 Å². The van der Waals surface area contributed by atoms with Gasteiger partial charge in [0, 0.05) is 6.54 Å². The molecule has 1 rings (SSSR count). The number of nitrogens with two attached hydrogens (primary N) is 1. The molecule has 1 heterocycles. The summed E-state index contributed by atoms with van der Waals surface area (Å²) in [5.74, 6) is 0. The van der Waals surface area contributed by atoms with E-state index in [1.54, 1.807) is 0 Å². The largest absolute Gasteiger partial charge is 0.330 e. The number of nitrogens with one attached hydrogen (secondary N) is 1. The van der Waals surface area contributed by atoms with Crippen molar-refractivity contribution in [1.29, 1.82) is 0 Å². The summed E-state index contributed by atoms with van der Waals surface area (Å²) < 4.78 is 25.5. The minimum Gasteiger partial charge on any atom is -0.330 e. The fourth-order valence-electron chi connectivity index (χ4n) is 0.831. The van der Waals surface area contributed by atoms with Crippen LogP contribution in [-0.4, -0.2) is 31.5 Å². The van der Waals surface area contributed by atoms with Gasteiger partial charge in [0.15, 0.2) is 0 Å². The molecular weight excluding hydrogens is 240 g/mol. The predicted molar refractivity (Wildman–Crippen MR) is 55.9 cm³/mol. The maximum absolute atomic E-state index is 11.5. The van der Waals surface area contributed by atoms with Crippen LogP contribution in [0.5, 0.6) is 0 Å². The molecule has 8 heteroatoms. The van der Waals surface area contributed by atoms with Crippen LogP contribution in [0.25, 0.3) is 0 Å². The number of hydrogen-bond donors (Lipinski definition) is 2. The van der Waals surface area contributed by atoms with Gasteiger partial charge in [-0.05, 0) is 24.6 Å². The molecule has 0 aliphatic carbocycles. The Kier molecular flexibility index (Phi) is 4.40. The fraction of sp³-hybridized carbons (Fsp3) is 0.429. The molecule has 0 aliphatic rings. The monoisotopic (exact) mass is 250 g/mol. The Balaban J connectivity index is 2.73. The molecule has 0 fully saturated rings. The third-order valence-corrected chi connectivity index (χ3v) is 3.19. The summed E-state index contributed by atoms with van der Waals surface area (Å²) in [7, 11) is -3.54. The van der Waals surface area contributed by atoms with E-state index in [1.165, 1.54) is 0 Å². The van der Waals surface area contributed by atoms with Crippen LogP contribution in [0.2, 0.25) is 5.28 Å². The molecule has 6 nitrogen and oxygen atoms in total. The Morgan fingerprint density at radius 1 is 1.40 bits per heavy atom. The van der Waals surface area contributed by atoms with Crippen LogP contribution in [0.3, 0.4) is 0 Å². The van der Waals surface area contributed by atoms with Gasteiger partial charge in [-0.1, -0.05) is 0 Å². The Morgan fingerprint density at radius 3 is 2.53 bits per heavy atom. The summed E-state index contributed by atoms with van der Waals surface area (Å²) in [5.41, 5.74) is 5.24. The molecule has 0 saturated heterocycles. The highest BCUT2D eigenvalue weighted by Gasteiger charge is 2.13. The molecule has 15 heavy (non-hydrogen) atoms. The normalized spacial score (nSPS) is 11.6.